The molecule has 0 amide bonds. The van der Waals surface area contributed by atoms with Gasteiger partial charge in [0, 0.05) is 18.0 Å². The van der Waals surface area contributed by atoms with Crippen molar-refractivity contribution in [3.63, 3.8) is 0 Å². The van der Waals surface area contributed by atoms with Crippen molar-refractivity contribution >= 4 is 23.2 Å². The van der Waals surface area contributed by atoms with E-state index in [4.69, 9.17) is 4.74 Å². The molecule has 0 fully saturated rings. The highest BCUT2D eigenvalue weighted by Gasteiger charge is 2.21. The van der Waals surface area contributed by atoms with Crippen molar-refractivity contribution in [2.75, 3.05) is 6.61 Å². The van der Waals surface area contributed by atoms with E-state index in [1.807, 2.05) is 24.3 Å². The Morgan fingerprint density at radius 1 is 1.41 bits per heavy atom. The molecule has 1 heterocycles. The maximum absolute atomic E-state index is 11.8. The van der Waals surface area contributed by atoms with Gasteiger partial charge in [-0.15, -0.1) is 0 Å². The van der Waals surface area contributed by atoms with Gasteiger partial charge in [-0.2, -0.15) is 0 Å². The molecule has 0 unspecified atom stereocenters. The molecule has 1 aromatic carbocycles. The quantitative estimate of drug-likeness (QED) is 0.600. The number of carbonyl (C=O) groups is 2. The van der Waals surface area contributed by atoms with Crippen molar-refractivity contribution in [1.29, 1.82) is 0 Å². The van der Waals surface area contributed by atoms with Gasteiger partial charge in [0.2, 0.25) is 0 Å². The molecule has 4 nitrogen and oxygen atoms in total. The van der Waals surface area contributed by atoms with E-state index < -0.39 is 5.97 Å². The third-order valence-corrected chi connectivity index (χ3v) is 2.73. The van der Waals surface area contributed by atoms with Gasteiger partial charge in [-0.05, 0) is 13.0 Å². The second-order valence-electron chi connectivity index (χ2n) is 3.68. The zero-order valence-corrected chi connectivity index (χ0v) is 9.77. The number of rotatable bonds is 3. The molecule has 0 aliphatic carbocycles. The smallest absolute Gasteiger partial charge is 0.355 e. The molecule has 0 saturated carbocycles. The monoisotopic (exact) mass is 231 g/mol. The van der Waals surface area contributed by atoms with E-state index in [2.05, 4.69) is 0 Å². The lowest BCUT2D eigenvalue weighted by atomic mass is 10.1. The first-order chi connectivity index (χ1) is 8.20. The SMILES string of the molecule is CCOC(=O)c1c(C=O)c2ccccc2n1C. The summed E-state index contributed by atoms with van der Waals surface area (Å²) in [6.07, 6.45) is 0.703. The number of esters is 1. The zero-order chi connectivity index (χ0) is 12.4. The normalized spacial score (nSPS) is 10.5. The highest BCUT2D eigenvalue weighted by Crippen LogP contribution is 2.24. The van der Waals surface area contributed by atoms with E-state index in [1.165, 1.54) is 0 Å². The minimum absolute atomic E-state index is 0.290. The second-order valence-corrected chi connectivity index (χ2v) is 3.68. The molecule has 0 bridgehead atoms. The van der Waals surface area contributed by atoms with Crippen LogP contribution in [0.25, 0.3) is 10.9 Å². The first-order valence-electron chi connectivity index (χ1n) is 5.40. The van der Waals surface area contributed by atoms with Gasteiger partial charge in [-0.1, -0.05) is 18.2 Å². The summed E-state index contributed by atoms with van der Waals surface area (Å²) < 4.78 is 6.65. The van der Waals surface area contributed by atoms with Gasteiger partial charge in [-0.25, -0.2) is 4.79 Å². The molecule has 1 aromatic heterocycles. The number of fused-ring (bicyclic) bond motifs is 1. The van der Waals surface area contributed by atoms with Crippen LogP contribution in [-0.4, -0.2) is 23.4 Å². The number of carbonyl (C=O) groups excluding carboxylic acids is 2. The number of aromatic nitrogens is 1. The molecule has 17 heavy (non-hydrogen) atoms. The maximum atomic E-state index is 11.8. The molecule has 2 rings (SSSR count). The van der Waals surface area contributed by atoms with E-state index in [-0.39, 0.29) is 0 Å². The Kier molecular flexibility index (Phi) is 2.95. The van der Waals surface area contributed by atoms with Crippen LogP contribution in [-0.2, 0) is 11.8 Å². The topological polar surface area (TPSA) is 48.3 Å². The fourth-order valence-electron chi connectivity index (χ4n) is 1.99. The number of aryl methyl sites for hydroxylation is 1. The Hall–Kier alpha value is -2.10. The summed E-state index contributed by atoms with van der Waals surface area (Å²) in [5, 5.41) is 0.771. The second kappa shape index (κ2) is 4.41. The molecule has 0 N–H and O–H groups in total. The molecule has 4 heteroatoms. The largest absolute Gasteiger partial charge is 0.461 e. The van der Waals surface area contributed by atoms with Crippen LogP contribution in [0.1, 0.15) is 27.8 Å². The van der Waals surface area contributed by atoms with Crippen LogP contribution in [0, 0.1) is 0 Å². The van der Waals surface area contributed by atoms with Crippen LogP contribution < -0.4 is 0 Å². The molecular weight excluding hydrogens is 218 g/mol. The van der Waals surface area contributed by atoms with Gasteiger partial charge < -0.3 is 9.30 Å². The first-order valence-corrected chi connectivity index (χ1v) is 5.40. The minimum Gasteiger partial charge on any atom is -0.461 e. The van der Waals surface area contributed by atoms with E-state index >= 15 is 0 Å². The minimum atomic E-state index is -0.465. The van der Waals surface area contributed by atoms with Crippen LogP contribution in [0.5, 0.6) is 0 Å². The standard InChI is InChI=1S/C13H13NO3/c1-3-17-13(16)12-10(8-15)9-6-4-5-7-11(9)14(12)2/h4-8H,3H2,1-2H3. The maximum Gasteiger partial charge on any atom is 0.355 e. The summed E-state index contributed by atoms with van der Waals surface area (Å²) in [6, 6.07) is 7.39. The molecule has 0 aliphatic heterocycles. The Labute approximate surface area is 98.8 Å². The molecule has 88 valence electrons. The van der Waals surface area contributed by atoms with Crippen molar-refractivity contribution in [2.45, 2.75) is 6.92 Å². The third-order valence-electron chi connectivity index (χ3n) is 2.73. The number of nitrogens with zero attached hydrogens (tertiary/aromatic N) is 1. The van der Waals surface area contributed by atoms with Gasteiger partial charge in [0.05, 0.1) is 12.2 Å². The average Bonchev–Trinajstić information content (AvgIpc) is 2.63. The van der Waals surface area contributed by atoms with E-state index in [1.54, 1.807) is 18.5 Å². The van der Waals surface area contributed by atoms with E-state index in [0.29, 0.717) is 24.2 Å². The lowest BCUT2D eigenvalue weighted by molar-refractivity contribution is 0.0513. The third kappa shape index (κ3) is 1.71. The van der Waals surface area contributed by atoms with Crippen molar-refractivity contribution in [3.05, 3.63) is 35.5 Å². The number of hydrogen-bond acceptors (Lipinski definition) is 3. The Bertz CT molecular complexity index is 584. The fraction of sp³-hybridized carbons (Fsp3) is 0.231. The molecule has 0 spiro atoms. The van der Waals surface area contributed by atoms with Crippen LogP contribution in [0.15, 0.2) is 24.3 Å². The Balaban J connectivity index is 2.73. The molecule has 0 atom stereocenters. The van der Waals surface area contributed by atoms with E-state index in [9.17, 15) is 9.59 Å². The Morgan fingerprint density at radius 2 is 2.12 bits per heavy atom. The molecule has 0 aliphatic rings. The summed E-state index contributed by atoms with van der Waals surface area (Å²) in [5.74, 6) is -0.465. The predicted molar refractivity (Wildman–Crippen MR) is 64.3 cm³/mol. The Morgan fingerprint density at radius 3 is 2.76 bits per heavy atom. The molecule has 2 aromatic rings. The number of hydrogen-bond donors (Lipinski definition) is 0. The summed E-state index contributed by atoms with van der Waals surface area (Å²) in [4.78, 5) is 23.0. The van der Waals surface area contributed by atoms with Crippen molar-refractivity contribution in [2.24, 2.45) is 7.05 Å². The van der Waals surface area contributed by atoms with Crippen molar-refractivity contribution in [1.82, 2.24) is 4.57 Å². The summed E-state index contributed by atoms with van der Waals surface area (Å²) >= 11 is 0. The van der Waals surface area contributed by atoms with Gasteiger partial charge in [0.1, 0.15) is 5.69 Å². The van der Waals surface area contributed by atoms with Gasteiger partial charge in [0.15, 0.2) is 6.29 Å². The lowest BCUT2D eigenvalue weighted by Gasteiger charge is -2.04. The van der Waals surface area contributed by atoms with Crippen molar-refractivity contribution < 1.29 is 14.3 Å². The summed E-state index contributed by atoms with van der Waals surface area (Å²) in [7, 11) is 1.75. The lowest BCUT2D eigenvalue weighted by Crippen LogP contribution is -2.11. The molecule has 0 saturated heterocycles. The summed E-state index contributed by atoms with van der Waals surface area (Å²) in [5.41, 5.74) is 1.54. The van der Waals surface area contributed by atoms with E-state index in [0.717, 1.165) is 10.9 Å². The van der Waals surface area contributed by atoms with Crippen LogP contribution in [0.4, 0.5) is 0 Å². The summed E-state index contributed by atoms with van der Waals surface area (Å²) in [6.45, 7) is 2.03. The van der Waals surface area contributed by atoms with Gasteiger partial charge in [0.25, 0.3) is 0 Å². The van der Waals surface area contributed by atoms with Gasteiger partial charge in [-0.3, -0.25) is 4.79 Å². The first kappa shape index (κ1) is 11.4. The van der Waals surface area contributed by atoms with Crippen LogP contribution in [0.2, 0.25) is 0 Å². The number of ether oxygens (including phenoxy) is 1. The fourth-order valence-corrected chi connectivity index (χ4v) is 1.99. The van der Waals surface area contributed by atoms with Crippen LogP contribution in [0.3, 0.4) is 0 Å². The van der Waals surface area contributed by atoms with Crippen molar-refractivity contribution in [3.8, 4) is 0 Å². The highest BCUT2D eigenvalue weighted by molar-refractivity contribution is 6.08. The number of aldehydes is 1. The highest BCUT2D eigenvalue weighted by atomic mass is 16.5. The number of benzene rings is 1. The predicted octanol–water partition coefficient (Wildman–Crippen LogP) is 2.17. The van der Waals surface area contributed by atoms with Gasteiger partial charge >= 0.3 is 5.97 Å². The number of para-hydroxylation sites is 1. The van der Waals surface area contributed by atoms with Crippen LogP contribution >= 0.6 is 0 Å². The zero-order valence-electron chi connectivity index (χ0n) is 9.77. The average molecular weight is 231 g/mol. The molecular formula is C13H13NO3. The molecule has 0 radical (unpaired) electrons.